The van der Waals surface area contributed by atoms with Gasteiger partial charge in [-0.05, 0) is 18.9 Å². The Hall–Kier alpha value is -0.700. The summed E-state index contributed by atoms with van der Waals surface area (Å²) in [6.45, 7) is 5.91. The van der Waals surface area contributed by atoms with Gasteiger partial charge in [-0.25, -0.2) is 0 Å². The molecule has 120 valence electrons. The van der Waals surface area contributed by atoms with Crippen LogP contribution in [0.3, 0.4) is 0 Å². The maximum atomic E-state index is 5.95. The Morgan fingerprint density at radius 1 is 0.857 bits per heavy atom. The van der Waals surface area contributed by atoms with Crippen LogP contribution in [0.1, 0.15) is 64.4 Å². The minimum atomic E-state index is 0.754. The number of rotatable bonds is 12. The topological polar surface area (TPSA) is 18.5 Å². The monoisotopic (exact) mass is 356 g/mol. The summed E-state index contributed by atoms with van der Waals surface area (Å²) in [5.41, 5.74) is 1.19. The molecule has 2 nitrogen and oxygen atoms in total. The van der Waals surface area contributed by atoms with Crippen molar-refractivity contribution in [1.82, 2.24) is 0 Å². The standard InChI is InChI=1S/C18H29BrO2/c1-3-5-6-7-8-9-13-21-18-14-17(20-12-4-2)11-10-16(18)15-19/h10-11,14H,3-9,12-13,15H2,1-2H3. The molecule has 0 saturated heterocycles. The SMILES string of the molecule is CCCCCCCCOc1cc(OCCC)ccc1CBr. The van der Waals surface area contributed by atoms with E-state index in [9.17, 15) is 0 Å². The fourth-order valence-corrected chi connectivity index (χ4v) is 2.62. The number of benzene rings is 1. The van der Waals surface area contributed by atoms with Crippen molar-refractivity contribution in [2.24, 2.45) is 0 Å². The molecule has 0 aliphatic rings. The highest BCUT2D eigenvalue weighted by atomic mass is 79.9. The summed E-state index contributed by atoms with van der Waals surface area (Å²) in [6.07, 6.45) is 8.74. The summed E-state index contributed by atoms with van der Waals surface area (Å²) >= 11 is 3.52. The Morgan fingerprint density at radius 2 is 1.62 bits per heavy atom. The van der Waals surface area contributed by atoms with Gasteiger partial charge in [0, 0.05) is 17.0 Å². The zero-order valence-corrected chi connectivity index (χ0v) is 15.1. The molecule has 0 unspecified atom stereocenters. The molecule has 0 fully saturated rings. The minimum Gasteiger partial charge on any atom is -0.493 e. The lowest BCUT2D eigenvalue weighted by molar-refractivity contribution is 0.292. The quantitative estimate of drug-likeness (QED) is 0.332. The van der Waals surface area contributed by atoms with Crippen molar-refractivity contribution in [2.45, 2.75) is 64.1 Å². The van der Waals surface area contributed by atoms with Crippen LogP contribution >= 0.6 is 15.9 Å². The van der Waals surface area contributed by atoms with Gasteiger partial charge in [-0.3, -0.25) is 0 Å². The molecule has 1 aromatic rings. The van der Waals surface area contributed by atoms with Crippen LogP contribution in [0.5, 0.6) is 11.5 Å². The van der Waals surface area contributed by atoms with Crippen LogP contribution in [0.15, 0.2) is 18.2 Å². The average molecular weight is 357 g/mol. The zero-order valence-electron chi connectivity index (χ0n) is 13.5. The van der Waals surface area contributed by atoms with Gasteiger partial charge in [0.05, 0.1) is 13.2 Å². The summed E-state index contributed by atoms with van der Waals surface area (Å²) < 4.78 is 11.6. The normalized spacial score (nSPS) is 10.6. The highest BCUT2D eigenvalue weighted by Crippen LogP contribution is 2.27. The van der Waals surface area contributed by atoms with E-state index >= 15 is 0 Å². The predicted molar refractivity (Wildman–Crippen MR) is 93.7 cm³/mol. The Morgan fingerprint density at radius 3 is 2.33 bits per heavy atom. The highest BCUT2D eigenvalue weighted by Gasteiger charge is 2.05. The molecule has 0 bridgehead atoms. The van der Waals surface area contributed by atoms with Gasteiger partial charge in [0.2, 0.25) is 0 Å². The molecule has 0 amide bonds. The maximum absolute atomic E-state index is 5.95. The number of alkyl halides is 1. The van der Waals surface area contributed by atoms with Gasteiger partial charge in [0.15, 0.2) is 0 Å². The molecule has 3 heteroatoms. The van der Waals surface area contributed by atoms with E-state index in [-0.39, 0.29) is 0 Å². The number of ether oxygens (including phenoxy) is 2. The first-order valence-electron chi connectivity index (χ1n) is 8.26. The van der Waals surface area contributed by atoms with Gasteiger partial charge in [-0.15, -0.1) is 0 Å². The van der Waals surface area contributed by atoms with Crippen molar-refractivity contribution in [3.05, 3.63) is 23.8 Å². The van der Waals surface area contributed by atoms with Crippen LogP contribution in [0.4, 0.5) is 0 Å². The van der Waals surface area contributed by atoms with Gasteiger partial charge < -0.3 is 9.47 Å². The van der Waals surface area contributed by atoms with Gasteiger partial charge in [0.1, 0.15) is 11.5 Å². The Bertz CT molecular complexity index is 379. The number of hydrogen-bond acceptors (Lipinski definition) is 2. The molecular formula is C18H29BrO2. The second kappa shape index (κ2) is 11.9. The molecule has 0 aromatic heterocycles. The van der Waals surface area contributed by atoms with E-state index in [1.165, 1.54) is 37.7 Å². The molecule has 0 N–H and O–H groups in total. The van der Waals surface area contributed by atoms with E-state index in [0.29, 0.717) is 0 Å². The molecule has 0 aliphatic heterocycles. The van der Waals surface area contributed by atoms with Gasteiger partial charge in [-0.2, -0.15) is 0 Å². The van der Waals surface area contributed by atoms with E-state index in [4.69, 9.17) is 9.47 Å². The first-order valence-corrected chi connectivity index (χ1v) is 9.38. The summed E-state index contributed by atoms with van der Waals surface area (Å²) in [5, 5.41) is 0.812. The van der Waals surface area contributed by atoms with E-state index in [0.717, 1.165) is 42.9 Å². The molecule has 0 heterocycles. The average Bonchev–Trinajstić information content (AvgIpc) is 2.52. The van der Waals surface area contributed by atoms with Crippen LogP contribution in [0.25, 0.3) is 0 Å². The van der Waals surface area contributed by atoms with E-state index in [1.807, 2.05) is 12.1 Å². The summed E-state index contributed by atoms with van der Waals surface area (Å²) in [5.74, 6) is 1.86. The molecule has 1 aromatic carbocycles. The van der Waals surface area contributed by atoms with Crippen LogP contribution in [-0.4, -0.2) is 13.2 Å². The van der Waals surface area contributed by atoms with Crippen molar-refractivity contribution in [2.75, 3.05) is 13.2 Å². The maximum Gasteiger partial charge on any atom is 0.127 e. The highest BCUT2D eigenvalue weighted by molar-refractivity contribution is 9.08. The Balaban J connectivity index is 2.37. The number of hydrogen-bond donors (Lipinski definition) is 0. The lowest BCUT2D eigenvalue weighted by Crippen LogP contribution is -2.01. The third-order valence-electron chi connectivity index (χ3n) is 3.41. The summed E-state index contributed by atoms with van der Waals surface area (Å²) in [6, 6.07) is 6.11. The lowest BCUT2D eigenvalue weighted by atomic mass is 10.1. The predicted octanol–water partition coefficient (Wildman–Crippen LogP) is 6.11. The molecule has 0 spiro atoms. The molecule has 0 aliphatic carbocycles. The first kappa shape index (κ1) is 18.3. The molecular weight excluding hydrogens is 328 g/mol. The van der Waals surface area contributed by atoms with Gasteiger partial charge >= 0.3 is 0 Å². The molecule has 0 saturated carbocycles. The fraction of sp³-hybridized carbons (Fsp3) is 0.667. The van der Waals surface area contributed by atoms with E-state index < -0.39 is 0 Å². The van der Waals surface area contributed by atoms with Crippen LogP contribution in [-0.2, 0) is 5.33 Å². The number of halogens is 1. The van der Waals surface area contributed by atoms with Gasteiger partial charge in [-0.1, -0.05) is 67.9 Å². The first-order chi connectivity index (χ1) is 10.3. The number of unbranched alkanes of at least 4 members (excludes halogenated alkanes) is 5. The van der Waals surface area contributed by atoms with Crippen molar-refractivity contribution in [1.29, 1.82) is 0 Å². The Kier molecular flexibility index (Phi) is 10.4. The van der Waals surface area contributed by atoms with Crippen LogP contribution in [0, 0.1) is 0 Å². The van der Waals surface area contributed by atoms with Gasteiger partial charge in [0.25, 0.3) is 0 Å². The van der Waals surface area contributed by atoms with Crippen LogP contribution < -0.4 is 9.47 Å². The smallest absolute Gasteiger partial charge is 0.127 e. The second-order valence-electron chi connectivity index (χ2n) is 5.37. The largest absolute Gasteiger partial charge is 0.493 e. The molecule has 21 heavy (non-hydrogen) atoms. The van der Waals surface area contributed by atoms with Crippen molar-refractivity contribution in [3.8, 4) is 11.5 Å². The second-order valence-corrected chi connectivity index (χ2v) is 5.93. The summed E-state index contributed by atoms with van der Waals surface area (Å²) in [4.78, 5) is 0. The lowest BCUT2D eigenvalue weighted by Gasteiger charge is -2.12. The van der Waals surface area contributed by atoms with Crippen LogP contribution in [0.2, 0.25) is 0 Å². The third kappa shape index (κ3) is 7.75. The fourth-order valence-electron chi connectivity index (χ4n) is 2.15. The zero-order chi connectivity index (χ0) is 15.3. The van der Waals surface area contributed by atoms with Crippen molar-refractivity contribution in [3.63, 3.8) is 0 Å². The third-order valence-corrected chi connectivity index (χ3v) is 4.02. The molecule has 1 rings (SSSR count). The Labute approximate surface area is 138 Å². The molecule has 0 radical (unpaired) electrons. The van der Waals surface area contributed by atoms with Crippen molar-refractivity contribution >= 4 is 15.9 Å². The van der Waals surface area contributed by atoms with E-state index in [2.05, 4.69) is 35.8 Å². The summed E-state index contributed by atoms with van der Waals surface area (Å²) in [7, 11) is 0. The van der Waals surface area contributed by atoms with E-state index in [1.54, 1.807) is 0 Å². The van der Waals surface area contributed by atoms with Crippen molar-refractivity contribution < 1.29 is 9.47 Å². The minimum absolute atomic E-state index is 0.754. The molecule has 0 atom stereocenters.